The van der Waals surface area contributed by atoms with Crippen LogP contribution in [0.25, 0.3) is 0 Å². The van der Waals surface area contributed by atoms with Crippen LogP contribution in [-0.4, -0.2) is 18.5 Å². The Morgan fingerprint density at radius 2 is 1.95 bits per heavy atom. The molecule has 1 aliphatic rings. The van der Waals surface area contributed by atoms with Gasteiger partial charge < -0.3 is 11.1 Å². The van der Waals surface area contributed by atoms with Crippen molar-refractivity contribution in [3.8, 4) is 0 Å². The van der Waals surface area contributed by atoms with Crippen molar-refractivity contribution in [3.63, 3.8) is 0 Å². The molecule has 1 aliphatic carbocycles. The first-order chi connectivity index (χ1) is 8.94. The molecule has 0 heterocycles. The summed E-state index contributed by atoms with van der Waals surface area (Å²) >= 11 is 0. The molecule has 0 saturated heterocycles. The van der Waals surface area contributed by atoms with Crippen molar-refractivity contribution < 1.29 is 4.79 Å². The molecule has 0 radical (unpaired) electrons. The summed E-state index contributed by atoms with van der Waals surface area (Å²) < 4.78 is 0. The van der Waals surface area contributed by atoms with Crippen LogP contribution in [0, 0.1) is 11.3 Å². The zero-order valence-electron chi connectivity index (χ0n) is 13.0. The molecule has 112 valence electrons. The van der Waals surface area contributed by atoms with Crippen LogP contribution >= 0.6 is 0 Å². The Morgan fingerprint density at radius 1 is 1.26 bits per heavy atom. The van der Waals surface area contributed by atoms with E-state index in [0.29, 0.717) is 23.8 Å². The minimum absolute atomic E-state index is 0.240. The Morgan fingerprint density at radius 3 is 2.58 bits per heavy atom. The van der Waals surface area contributed by atoms with Gasteiger partial charge >= 0.3 is 0 Å². The highest BCUT2D eigenvalue weighted by molar-refractivity contribution is 5.76. The molecule has 1 saturated carbocycles. The Balaban J connectivity index is 2.18. The summed E-state index contributed by atoms with van der Waals surface area (Å²) in [6.07, 6.45) is 8.60. The molecule has 0 aliphatic heterocycles. The maximum Gasteiger partial charge on any atom is 0.220 e. The second-order valence-corrected chi connectivity index (χ2v) is 7.01. The van der Waals surface area contributed by atoms with Gasteiger partial charge in [-0.2, -0.15) is 0 Å². The number of amides is 1. The SMILES string of the molecule is CC1CC(C)(C)CCC1NC(=O)CCCCCCN. The number of carbonyl (C=O) groups is 1. The number of nitrogens with one attached hydrogen (secondary N) is 1. The maximum absolute atomic E-state index is 11.9. The fourth-order valence-corrected chi connectivity index (χ4v) is 3.22. The monoisotopic (exact) mass is 268 g/mol. The summed E-state index contributed by atoms with van der Waals surface area (Å²) in [4.78, 5) is 11.9. The second-order valence-electron chi connectivity index (χ2n) is 7.01. The van der Waals surface area contributed by atoms with Crippen molar-refractivity contribution in [1.82, 2.24) is 5.32 Å². The quantitative estimate of drug-likeness (QED) is 0.697. The Bertz CT molecular complexity index is 276. The third kappa shape index (κ3) is 6.42. The molecule has 2 atom stereocenters. The van der Waals surface area contributed by atoms with Crippen molar-refractivity contribution in [2.24, 2.45) is 17.1 Å². The van der Waals surface area contributed by atoms with E-state index in [1.54, 1.807) is 0 Å². The summed E-state index contributed by atoms with van der Waals surface area (Å²) in [6, 6.07) is 0.393. The van der Waals surface area contributed by atoms with Gasteiger partial charge in [-0.05, 0) is 50.0 Å². The van der Waals surface area contributed by atoms with E-state index in [4.69, 9.17) is 5.73 Å². The molecule has 2 unspecified atom stereocenters. The molecule has 19 heavy (non-hydrogen) atoms. The van der Waals surface area contributed by atoms with Gasteiger partial charge in [0.25, 0.3) is 0 Å². The van der Waals surface area contributed by atoms with Gasteiger partial charge in [0.1, 0.15) is 0 Å². The van der Waals surface area contributed by atoms with Crippen LogP contribution in [0.4, 0.5) is 0 Å². The van der Waals surface area contributed by atoms with Crippen molar-refractivity contribution >= 4 is 5.91 Å². The smallest absolute Gasteiger partial charge is 0.220 e. The molecule has 3 heteroatoms. The van der Waals surface area contributed by atoms with Gasteiger partial charge in [-0.25, -0.2) is 0 Å². The Labute approximate surface area is 118 Å². The van der Waals surface area contributed by atoms with Gasteiger partial charge in [-0.15, -0.1) is 0 Å². The van der Waals surface area contributed by atoms with Gasteiger partial charge in [0.2, 0.25) is 5.91 Å². The van der Waals surface area contributed by atoms with E-state index in [0.717, 1.165) is 38.6 Å². The van der Waals surface area contributed by atoms with Crippen LogP contribution in [0.3, 0.4) is 0 Å². The summed E-state index contributed by atoms with van der Waals surface area (Å²) in [7, 11) is 0. The lowest BCUT2D eigenvalue weighted by molar-refractivity contribution is -0.122. The predicted molar refractivity (Wildman–Crippen MR) is 80.9 cm³/mol. The van der Waals surface area contributed by atoms with Crippen LogP contribution in [0.15, 0.2) is 0 Å². The predicted octanol–water partition coefficient (Wildman–Crippen LogP) is 3.23. The van der Waals surface area contributed by atoms with Crippen LogP contribution in [0.5, 0.6) is 0 Å². The molecule has 1 amide bonds. The average Bonchev–Trinajstić information content (AvgIpc) is 2.32. The first-order valence-electron chi connectivity index (χ1n) is 7.94. The molecule has 1 rings (SSSR count). The minimum Gasteiger partial charge on any atom is -0.353 e. The summed E-state index contributed by atoms with van der Waals surface area (Å²) in [5.41, 5.74) is 5.90. The molecule has 0 aromatic carbocycles. The molecule has 0 bridgehead atoms. The summed E-state index contributed by atoms with van der Waals surface area (Å²) in [5, 5.41) is 3.23. The Kier molecular flexibility index (Phi) is 6.84. The average molecular weight is 268 g/mol. The topological polar surface area (TPSA) is 55.1 Å². The molecule has 3 nitrogen and oxygen atoms in total. The molecular formula is C16H32N2O. The highest BCUT2D eigenvalue weighted by atomic mass is 16.1. The molecule has 0 aromatic heterocycles. The first kappa shape index (κ1) is 16.5. The van der Waals surface area contributed by atoms with Gasteiger partial charge in [0.15, 0.2) is 0 Å². The van der Waals surface area contributed by atoms with Crippen molar-refractivity contribution in [1.29, 1.82) is 0 Å². The van der Waals surface area contributed by atoms with E-state index in [9.17, 15) is 4.79 Å². The number of nitrogens with two attached hydrogens (primary N) is 1. The molecule has 0 aromatic rings. The maximum atomic E-state index is 11.9. The summed E-state index contributed by atoms with van der Waals surface area (Å²) in [5.74, 6) is 0.842. The van der Waals surface area contributed by atoms with Crippen LogP contribution in [0.2, 0.25) is 0 Å². The van der Waals surface area contributed by atoms with Crippen LogP contribution < -0.4 is 11.1 Å². The normalized spacial score (nSPS) is 26.1. The molecule has 3 N–H and O–H groups in total. The molecular weight excluding hydrogens is 236 g/mol. The third-order valence-electron chi connectivity index (χ3n) is 4.40. The lowest BCUT2D eigenvalue weighted by Gasteiger charge is -2.39. The largest absolute Gasteiger partial charge is 0.353 e. The molecule has 0 spiro atoms. The molecule has 1 fully saturated rings. The van der Waals surface area contributed by atoms with Gasteiger partial charge in [-0.3, -0.25) is 4.79 Å². The van der Waals surface area contributed by atoms with Crippen LogP contribution in [0.1, 0.15) is 72.1 Å². The number of carbonyl (C=O) groups excluding carboxylic acids is 1. The first-order valence-corrected chi connectivity index (χ1v) is 7.94. The van der Waals surface area contributed by atoms with Crippen molar-refractivity contribution in [3.05, 3.63) is 0 Å². The van der Waals surface area contributed by atoms with Gasteiger partial charge in [0, 0.05) is 12.5 Å². The zero-order valence-corrected chi connectivity index (χ0v) is 13.0. The van der Waals surface area contributed by atoms with E-state index < -0.39 is 0 Å². The third-order valence-corrected chi connectivity index (χ3v) is 4.40. The highest BCUT2D eigenvalue weighted by Crippen LogP contribution is 2.38. The van der Waals surface area contributed by atoms with Gasteiger partial charge in [-0.1, -0.05) is 33.6 Å². The number of unbranched alkanes of at least 4 members (excludes halogenated alkanes) is 3. The number of rotatable bonds is 7. The lowest BCUT2D eigenvalue weighted by atomic mass is 9.70. The fourth-order valence-electron chi connectivity index (χ4n) is 3.22. The van der Waals surface area contributed by atoms with Crippen LogP contribution in [-0.2, 0) is 4.79 Å². The minimum atomic E-state index is 0.240. The zero-order chi connectivity index (χ0) is 14.3. The van der Waals surface area contributed by atoms with E-state index >= 15 is 0 Å². The standard InChI is InChI=1S/C16H32N2O/c1-13-12-16(2,3)10-9-14(13)18-15(19)8-6-4-5-7-11-17/h13-14H,4-12,17H2,1-3H3,(H,18,19). The number of hydrogen-bond acceptors (Lipinski definition) is 2. The van der Waals surface area contributed by atoms with Gasteiger partial charge in [0.05, 0.1) is 0 Å². The Hall–Kier alpha value is -0.570. The van der Waals surface area contributed by atoms with E-state index in [1.165, 1.54) is 12.8 Å². The second kappa shape index (κ2) is 7.88. The van der Waals surface area contributed by atoms with Crippen molar-refractivity contribution in [2.75, 3.05) is 6.54 Å². The van der Waals surface area contributed by atoms with E-state index in [1.807, 2.05) is 0 Å². The van der Waals surface area contributed by atoms with Crippen molar-refractivity contribution in [2.45, 2.75) is 78.2 Å². The highest BCUT2D eigenvalue weighted by Gasteiger charge is 2.32. The van der Waals surface area contributed by atoms with E-state index in [2.05, 4.69) is 26.1 Å². The summed E-state index contributed by atoms with van der Waals surface area (Å²) in [6.45, 7) is 7.70. The van der Waals surface area contributed by atoms with E-state index in [-0.39, 0.29) is 5.91 Å². The fraction of sp³-hybridized carbons (Fsp3) is 0.938. The lowest BCUT2D eigenvalue weighted by Crippen LogP contribution is -2.44. The number of hydrogen-bond donors (Lipinski definition) is 2.